The molecule has 20 heavy (non-hydrogen) atoms. The standard InChI is InChI=1S/C16H21BrClNO/c1-16(2)7-3-8-19(11-16)9-6-15(20)13-5-4-12(17)10-14(13)18/h4-5,10H,3,6-9,11H2,1-2H3. The quantitative estimate of drug-likeness (QED) is 0.721. The summed E-state index contributed by atoms with van der Waals surface area (Å²) < 4.78 is 0.900. The molecule has 110 valence electrons. The normalized spacial score (nSPS) is 19.0. The van der Waals surface area contributed by atoms with Gasteiger partial charge >= 0.3 is 0 Å². The molecule has 0 amide bonds. The van der Waals surface area contributed by atoms with E-state index in [0.717, 1.165) is 24.1 Å². The number of halogens is 2. The summed E-state index contributed by atoms with van der Waals surface area (Å²) >= 11 is 9.48. The van der Waals surface area contributed by atoms with Crippen LogP contribution < -0.4 is 0 Å². The number of carbonyl (C=O) groups excluding carboxylic acids is 1. The lowest BCUT2D eigenvalue weighted by atomic mass is 9.84. The SMILES string of the molecule is CC1(C)CCCN(CCC(=O)c2ccc(Br)cc2Cl)C1. The van der Waals surface area contributed by atoms with Crippen LogP contribution in [0.4, 0.5) is 0 Å². The highest BCUT2D eigenvalue weighted by atomic mass is 79.9. The van der Waals surface area contributed by atoms with Gasteiger partial charge in [-0.3, -0.25) is 4.79 Å². The molecule has 1 saturated heterocycles. The van der Waals surface area contributed by atoms with E-state index >= 15 is 0 Å². The summed E-state index contributed by atoms with van der Waals surface area (Å²) in [5.74, 6) is 0.130. The average molecular weight is 359 g/mol. The van der Waals surface area contributed by atoms with Crippen molar-refractivity contribution in [2.45, 2.75) is 33.1 Å². The van der Waals surface area contributed by atoms with Crippen LogP contribution in [0.1, 0.15) is 43.5 Å². The van der Waals surface area contributed by atoms with Crippen LogP contribution >= 0.6 is 27.5 Å². The van der Waals surface area contributed by atoms with Crippen molar-refractivity contribution in [2.24, 2.45) is 5.41 Å². The van der Waals surface area contributed by atoms with Crippen LogP contribution in [-0.2, 0) is 0 Å². The molecule has 1 aliphatic rings. The molecule has 1 aromatic carbocycles. The molecule has 0 bridgehead atoms. The molecule has 0 saturated carbocycles. The van der Waals surface area contributed by atoms with Gasteiger partial charge in [0.1, 0.15) is 0 Å². The van der Waals surface area contributed by atoms with Gasteiger partial charge in [-0.25, -0.2) is 0 Å². The molecule has 0 spiro atoms. The van der Waals surface area contributed by atoms with Gasteiger partial charge in [0.05, 0.1) is 5.02 Å². The Balaban J connectivity index is 1.92. The van der Waals surface area contributed by atoms with Crippen molar-refractivity contribution >= 4 is 33.3 Å². The summed E-state index contributed by atoms with van der Waals surface area (Å²) in [4.78, 5) is 14.7. The number of ketones is 1. The van der Waals surface area contributed by atoms with Gasteiger partial charge in [-0.15, -0.1) is 0 Å². The van der Waals surface area contributed by atoms with Gasteiger partial charge in [0.2, 0.25) is 0 Å². The number of rotatable bonds is 4. The fraction of sp³-hybridized carbons (Fsp3) is 0.562. The molecule has 0 radical (unpaired) electrons. The fourth-order valence-corrected chi connectivity index (χ4v) is 3.62. The topological polar surface area (TPSA) is 20.3 Å². The van der Waals surface area contributed by atoms with Crippen molar-refractivity contribution in [3.05, 3.63) is 33.3 Å². The maximum atomic E-state index is 12.3. The monoisotopic (exact) mass is 357 g/mol. The van der Waals surface area contributed by atoms with Crippen molar-refractivity contribution in [3.63, 3.8) is 0 Å². The average Bonchev–Trinajstić information content (AvgIpc) is 2.35. The minimum absolute atomic E-state index is 0.130. The Kier molecular flexibility index (Phi) is 5.27. The first kappa shape index (κ1) is 16.0. The summed E-state index contributed by atoms with van der Waals surface area (Å²) in [6, 6.07) is 5.44. The Labute approximate surface area is 134 Å². The lowest BCUT2D eigenvalue weighted by Gasteiger charge is -2.38. The van der Waals surface area contributed by atoms with Crippen LogP contribution in [0.15, 0.2) is 22.7 Å². The smallest absolute Gasteiger partial charge is 0.165 e. The highest BCUT2D eigenvalue weighted by Crippen LogP contribution is 2.28. The zero-order valence-electron chi connectivity index (χ0n) is 12.1. The second kappa shape index (κ2) is 6.59. The molecule has 0 aliphatic carbocycles. The third-order valence-corrected chi connectivity index (χ3v) is 4.67. The van der Waals surface area contributed by atoms with Gasteiger partial charge in [0.15, 0.2) is 5.78 Å². The van der Waals surface area contributed by atoms with E-state index in [1.165, 1.54) is 12.8 Å². The van der Waals surface area contributed by atoms with Crippen molar-refractivity contribution in [1.82, 2.24) is 4.90 Å². The first-order valence-electron chi connectivity index (χ1n) is 7.08. The van der Waals surface area contributed by atoms with E-state index in [0.29, 0.717) is 22.4 Å². The second-order valence-corrected chi connectivity index (χ2v) is 7.66. The van der Waals surface area contributed by atoms with Crippen LogP contribution in [0.3, 0.4) is 0 Å². The molecule has 1 aromatic rings. The van der Waals surface area contributed by atoms with Crippen molar-refractivity contribution in [1.29, 1.82) is 0 Å². The van der Waals surface area contributed by atoms with Gasteiger partial charge in [-0.05, 0) is 43.0 Å². The predicted octanol–water partition coefficient (Wildman–Crippen LogP) is 4.80. The fourth-order valence-electron chi connectivity index (χ4n) is 2.85. The molecular weight excluding hydrogens is 338 g/mol. The highest BCUT2D eigenvalue weighted by molar-refractivity contribution is 9.10. The van der Waals surface area contributed by atoms with Gasteiger partial charge < -0.3 is 4.90 Å². The van der Waals surface area contributed by atoms with E-state index in [9.17, 15) is 4.79 Å². The number of piperidine rings is 1. The second-order valence-electron chi connectivity index (χ2n) is 6.34. The minimum atomic E-state index is 0.130. The van der Waals surface area contributed by atoms with Gasteiger partial charge in [0.25, 0.3) is 0 Å². The molecule has 4 heteroatoms. The van der Waals surface area contributed by atoms with Gasteiger partial charge in [-0.1, -0.05) is 41.4 Å². The zero-order chi connectivity index (χ0) is 14.8. The lowest BCUT2D eigenvalue weighted by Crippen LogP contribution is -2.40. The van der Waals surface area contributed by atoms with Crippen LogP contribution in [0, 0.1) is 5.41 Å². The Morgan fingerprint density at radius 3 is 2.85 bits per heavy atom. The summed E-state index contributed by atoms with van der Waals surface area (Å²) in [6.07, 6.45) is 3.04. The Bertz CT molecular complexity index is 501. The number of carbonyl (C=O) groups is 1. The molecule has 0 aromatic heterocycles. The van der Waals surface area contributed by atoms with Crippen LogP contribution in [0.25, 0.3) is 0 Å². The van der Waals surface area contributed by atoms with Crippen LogP contribution in [0.5, 0.6) is 0 Å². The van der Waals surface area contributed by atoms with Gasteiger partial charge in [0, 0.05) is 29.5 Å². The Morgan fingerprint density at radius 1 is 1.45 bits per heavy atom. The first-order chi connectivity index (χ1) is 9.37. The Hall–Kier alpha value is -0.380. The number of nitrogens with zero attached hydrogens (tertiary/aromatic N) is 1. The van der Waals surface area contributed by atoms with Crippen molar-refractivity contribution in [3.8, 4) is 0 Å². The third-order valence-electron chi connectivity index (χ3n) is 3.87. The van der Waals surface area contributed by atoms with Crippen LogP contribution in [-0.4, -0.2) is 30.3 Å². The molecule has 1 fully saturated rings. The molecular formula is C16H21BrClNO. The molecule has 2 nitrogen and oxygen atoms in total. The lowest BCUT2D eigenvalue weighted by molar-refractivity contribution is 0.0896. The minimum Gasteiger partial charge on any atom is -0.302 e. The molecule has 0 unspecified atom stereocenters. The predicted molar refractivity (Wildman–Crippen MR) is 87.6 cm³/mol. The molecule has 0 atom stereocenters. The summed E-state index contributed by atoms with van der Waals surface area (Å²) in [5.41, 5.74) is 1.00. The number of hydrogen-bond acceptors (Lipinski definition) is 2. The van der Waals surface area contributed by atoms with E-state index < -0.39 is 0 Å². The first-order valence-corrected chi connectivity index (χ1v) is 8.25. The number of hydrogen-bond donors (Lipinski definition) is 0. The third kappa shape index (κ3) is 4.31. The highest BCUT2D eigenvalue weighted by Gasteiger charge is 2.26. The van der Waals surface area contributed by atoms with Gasteiger partial charge in [-0.2, -0.15) is 0 Å². The summed E-state index contributed by atoms with van der Waals surface area (Å²) in [7, 11) is 0. The molecule has 1 aliphatic heterocycles. The largest absolute Gasteiger partial charge is 0.302 e. The Morgan fingerprint density at radius 2 is 2.20 bits per heavy atom. The van der Waals surface area contributed by atoms with E-state index in [4.69, 9.17) is 11.6 Å². The number of benzene rings is 1. The van der Waals surface area contributed by atoms with E-state index in [1.54, 1.807) is 12.1 Å². The molecule has 0 N–H and O–H groups in total. The molecule has 2 rings (SSSR count). The van der Waals surface area contributed by atoms with Crippen LogP contribution in [0.2, 0.25) is 5.02 Å². The summed E-state index contributed by atoms with van der Waals surface area (Å²) in [5, 5.41) is 0.531. The maximum absolute atomic E-state index is 12.3. The van der Waals surface area contributed by atoms with E-state index in [1.807, 2.05) is 6.07 Å². The number of Topliss-reactive ketones (excluding diaryl/α,β-unsaturated/α-hetero) is 1. The van der Waals surface area contributed by atoms with E-state index in [2.05, 4.69) is 34.7 Å². The molecule has 1 heterocycles. The number of likely N-dealkylation sites (tertiary alicyclic amines) is 1. The zero-order valence-corrected chi connectivity index (χ0v) is 14.4. The van der Waals surface area contributed by atoms with Crippen molar-refractivity contribution in [2.75, 3.05) is 19.6 Å². The summed E-state index contributed by atoms with van der Waals surface area (Å²) in [6.45, 7) is 7.60. The van der Waals surface area contributed by atoms with E-state index in [-0.39, 0.29) is 5.78 Å². The maximum Gasteiger partial charge on any atom is 0.165 e. The van der Waals surface area contributed by atoms with Crippen molar-refractivity contribution < 1.29 is 4.79 Å².